The van der Waals surface area contributed by atoms with E-state index >= 15 is 0 Å². The summed E-state index contributed by atoms with van der Waals surface area (Å²) in [6, 6.07) is 5.13. The van der Waals surface area contributed by atoms with E-state index in [1.807, 2.05) is 0 Å². The maximum Gasteiger partial charge on any atom is 0.254 e. The highest BCUT2D eigenvalue weighted by Crippen LogP contribution is 2.22. The lowest BCUT2D eigenvalue weighted by molar-refractivity contribution is 0.0473. The van der Waals surface area contributed by atoms with Gasteiger partial charge < -0.3 is 10.0 Å². The predicted octanol–water partition coefficient (Wildman–Crippen LogP) is 2.70. The van der Waals surface area contributed by atoms with Gasteiger partial charge in [0.05, 0.1) is 6.10 Å². The van der Waals surface area contributed by atoms with Crippen molar-refractivity contribution in [2.75, 3.05) is 13.1 Å². The van der Waals surface area contributed by atoms with Crippen LogP contribution in [0.2, 0.25) is 5.02 Å². The van der Waals surface area contributed by atoms with E-state index in [2.05, 4.69) is 15.9 Å². The molecule has 1 atom stereocenters. The molecule has 0 unspecified atom stereocenters. The van der Waals surface area contributed by atoms with Gasteiger partial charge in [-0.2, -0.15) is 0 Å². The number of rotatable bonds is 1. The third kappa shape index (κ3) is 3.21. The van der Waals surface area contributed by atoms with Crippen LogP contribution in [0, 0.1) is 0 Å². The summed E-state index contributed by atoms with van der Waals surface area (Å²) in [5, 5.41) is 10.1. The molecule has 1 amide bonds. The molecule has 0 spiro atoms. The number of halogens is 2. The topological polar surface area (TPSA) is 40.5 Å². The van der Waals surface area contributed by atoms with Crippen LogP contribution in [0.1, 0.15) is 23.2 Å². The van der Waals surface area contributed by atoms with Crippen molar-refractivity contribution in [3.63, 3.8) is 0 Å². The third-order valence-corrected chi connectivity index (χ3v) is 3.47. The van der Waals surface area contributed by atoms with Gasteiger partial charge in [0.1, 0.15) is 0 Å². The van der Waals surface area contributed by atoms with Crippen molar-refractivity contribution in [1.29, 1.82) is 0 Å². The Morgan fingerprint density at radius 3 is 2.88 bits per heavy atom. The van der Waals surface area contributed by atoms with Gasteiger partial charge in [-0.3, -0.25) is 4.79 Å². The van der Waals surface area contributed by atoms with Crippen molar-refractivity contribution >= 4 is 33.4 Å². The zero-order chi connectivity index (χ0) is 12.4. The molecule has 2 rings (SSSR count). The second-order valence-corrected chi connectivity index (χ2v) is 5.56. The van der Waals surface area contributed by atoms with Crippen LogP contribution in [0.3, 0.4) is 0 Å². The van der Waals surface area contributed by atoms with E-state index in [9.17, 15) is 9.90 Å². The summed E-state index contributed by atoms with van der Waals surface area (Å²) in [4.78, 5) is 13.9. The summed E-state index contributed by atoms with van der Waals surface area (Å²) >= 11 is 9.22. The van der Waals surface area contributed by atoms with E-state index in [0.29, 0.717) is 23.7 Å². The number of β-amino-alcohol motifs (C(OH)–C–C–N with tert-alkyl or cyclic N) is 1. The Balaban J connectivity index is 2.18. The highest BCUT2D eigenvalue weighted by Gasteiger charge is 2.23. The van der Waals surface area contributed by atoms with Gasteiger partial charge in [-0.25, -0.2) is 0 Å². The molecule has 0 aromatic heterocycles. The molecule has 1 fully saturated rings. The van der Waals surface area contributed by atoms with E-state index < -0.39 is 6.10 Å². The first-order valence-corrected chi connectivity index (χ1v) is 6.67. The Hall–Kier alpha value is -0.580. The Bertz CT molecular complexity index is 418. The fraction of sp³-hybridized carbons (Fsp3) is 0.417. The normalized spacial score (nSPS) is 20.4. The first-order chi connectivity index (χ1) is 8.06. The molecular weight excluding hydrogens is 305 g/mol. The van der Waals surface area contributed by atoms with Crippen molar-refractivity contribution < 1.29 is 9.90 Å². The van der Waals surface area contributed by atoms with Crippen LogP contribution >= 0.6 is 27.5 Å². The van der Waals surface area contributed by atoms with E-state index in [1.54, 1.807) is 23.1 Å². The Morgan fingerprint density at radius 1 is 1.47 bits per heavy atom. The SMILES string of the molecule is O=C(c1cc(Cl)cc(Br)c1)N1CCC[C@H](O)C1. The van der Waals surface area contributed by atoms with Crippen LogP contribution in [0.4, 0.5) is 0 Å². The highest BCUT2D eigenvalue weighted by atomic mass is 79.9. The highest BCUT2D eigenvalue weighted by molar-refractivity contribution is 9.10. The quantitative estimate of drug-likeness (QED) is 0.865. The second-order valence-electron chi connectivity index (χ2n) is 4.21. The van der Waals surface area contributed by atoms with Crippen molar-refractivity contribution in [3.8, 4) is 0 Å². The average molecular weight is 319 g/mol. The Morgan fingerprint density at radius 2 is 2.24 bits per heavy atom. The number of amides is 1. The molecule has 1 saturated heterocycles. The van der Waals surface area contributed by atoms with Crippen LogP contribution in [0.25, 0.3) is 0 Å². The van der Waals surface area contributed by atoms with E-state index in [-0.39, 0.29) is 5.91 Å². The summed E-state index contributed by atoms with van der Waals surface area (Å²) in [5.74, 6) is -0.0769. The van der Waals surface area contributed by atoms with Gasteiger partial charge in [0, 0.05) is 28.1 Å². The van der Waals surface area contributed by atoms with Crippen molar-refractivity contribution in [3.05, 3.63) is 33.3 Å². The van der Waals surface area contributed by atoms with Gasteiger partial charge in [-0.15, -0.1) is 0 Å². The molecule has 1 aliphatic rings. The molecular formula is C12H13BrClNO2. The lowest BCUT2D eigenvalue weighted by Crippen LogP contribution is -2.42. The number of benzene rings is 1. The van der Waals surface area contributed by atoms with Crippen molar-refractivity contribution in [2.24, 2.45) is 0 Å². The van der Waals surface area contributed by atoms with Gasteiger partial charge in [0.25, 0.3) is 5.91 Å². The largest absolute Gasteiger partial charge is 0.391 e. The lowest BCUT2D eigenvalue weighted by atomic mass is 10.1. The van der Waals surface area contributed by atoms with Gasteiger partial charge >= 0.3 is 0 Å². The molecule has 0 radical (unpaired) electrons. The minimum atomic E-state index is -0.407. The molecule has 1 aromatic rings. The van der Waals surface area contributed by atoms with Crippen LogP contribution < -0.4 is 0 Å². The summed E-state index contributed by atoms with van der Waals surface area (Å²) < 4.78 is 0.783. The van der Waals surface area contributed by atoms with Gasteiger partial charge in [-0.1, -0.05) is 27.5 Å². The number of likely N-dealkylation sites (tertiary alicyclic amines) is 1. The molecule has 5 heteroatoms. The maximum absolute atomic E-state index is 12.2. The number of nitrogens with zero attached hydrogens (tertiary/aromatic N) is 1. The van der Waals surface area contributed by atoms with Crippen LogP contribution in [0.5, 0.6) is 0 Å². The number of piperidine rings is 1. The molecule has 1 heterocycles. The fourth-order valence-electron chi connectivity index (χ4n) is 2.00. The molecule has 3 nitrogen and oxygen atoms in total. The smallest absolute Gasteiger partial charge is 0.254 e. The van der Waals surface area contributed by atoms with E-state index in [0.717, 1.165) is 17.3 Å². The summed E-state index contributed by atoms with van der Waals surface area (Å²) in [5.41, 5.74) is 0.554. The Labute approximate surface area is 114 Å². The zero-order valence-corrected chi connectivity index (χ0v) is 11.5. The minimum absolute atomic E-state index is 0.0769. The van der Waals surface area contributed by atoms with Crippen LogP contribution in [-0.2, 0) is 0 Å². The summed E-state index contributed by atoms with van der Waals surface area (Å²) in [6.45, 7) is 1.10. The summed E-state index contributed by atoms with van der Waals surface area (Å²) in [6.07, 6.45) is 1.20. The van der Waals surface area contributed by atoms with Gasteiger partial charge in [0.15, 0.2) is 0 Å². The second kappa shape index (κ2) is 5.38. The molecule has 0 saturated carbocycles. The van der Waals surface area contributed by atoms with Gasteiger partial charge in [0.2, 0.25) is 0 Å². The fourth-order valence-corrected chi connectivity index (χ4v) is 2.86. The summed E-state index contributed by atoms with van der Waals surface area (Å²) in [7, 11) is 0. The molecule has 0 aliphatic carbocycles. The van der Waals surface area contributed by atoms with E-state index in [1.165, 1.54) is 0 Å². The number of hydrogen-bond donors (Lipinski definition) is 1. The van der Waals surface area contributed by atoms with Gasteiger partial charge in [-0.05, 0) is 31.0 Å². The standard InChI is InChI=1S/C12H13BrClNO2/c13-9-4-8(5-10(14)6-9)12(17)15-3-1-2-11(16)7-15/h4-6,11,16H,1-3,7H2/t11-/m0/s1. The first kappa shape index (κ1) is 12.9. The lowest BCUT2D eigenvalue weighted by Gasteiger charge is -2.30. The molecule has 1 aliphatic heterocycles. The van der Waals surface area contributed by atoms with Crippen molar-refractivity contribution in [1.82, 2.24) is 4.90 Å². The van der Waals surface area contributed by atoms with Crippen LogP contribution in [-0.4, -0.2) is 35.1 Å². The molecule has 92 valence electrons. The average Bonchev–Trinajstić information content (AvgIpc) is 2.26. The molecule has 1 N–H and O–H groups in total. The molecule has 0 bridgehead atoms. The van der Waals surface area contributed by atoms with Crippen molar-refractivity contribution in [2.45, 2.75) is 18.9 Å². The number of carbonyl (C=O) groups is 1. The number of hydrogen-bond acceptors (Lipinski definition) is 2. The van der Waals surface area contributed by atoms with E-state index in [4.69, 9.17) is 11.6 Å². The minimum Gasteiger partial charge on any atom is -0.391 e. The number of carbonyl (C=O) groups excluding carboxylic acids is 1. The Kier molecular flexibility index (Phi) is 4.07. The number of aliphatic hydroxyl groups is 1. The van der Waals surface area contributed by atoms with Crippen LogP contribution in [0.15, 0.2) is 22.7 Å². The number of aliphatic hydroxyl groups excluding tert-OH is 1. The predicted molar refractivity (Wildman–Crippen MR) is 70.3 cm³/mol. The first-order valence-electron chi connectivity index (χ1n) is 5.49. The maximum atomic E-state index is 12.2. The monoisotopic (exact) mass is 317 g/mol. The molecule has 1 aromatic carbocycles. The third-order valence-electron chi connectivity index (χ3n) is 2.79. The molecule has 17 heavy (non-hydrogen) atoms. The zero-order valence-electron chi connectivity index (χ0n) is 9.20.